The number of hydrogen-bond acceptors (Lipinski definition) is 4. The van der Waals surface area contributed by atoms with E-state index in [-0.39, 0.29) is 5.41 Å². The van der Waals surface area contributed by atoms with Gasteiger partial charge in [-0.25, -0.2) is 15.0 Å². The van der Waals surface area contributed by atoms with Crippen LogP contribution < -0.4 is 0 Å². The van der Waals surface area contributed by atoms with Crippen LogP contribution in [0.2, 0.25) is 0 Å². The van der Waals surface area contributed by atoms with Gasteiger partial charge < -0.3 is 4.42 Å². The smallest absolute Gasteiger partial charge is 0.164 e. The fourth-order valence-electron chi connectivity index (χ4n) is 10.3. The number of hydrogen-bond donors (Lipinski definition) is 0. The third-order valence-corrected chi connectivity index (χ3v) is 12.8. The maximum Gasteiger partial charge on any atom is 0.164 e. The van der Waals surface area contributed by atoms with Crippen LogP contribution >= 0.6 is 0 Å². The maximum absolute atomic E-state index is 6.40. The SMILES string of the molecule is CC1(C)c2ccccc2C2(c3ccc(-c4cccc5oc6ccccc6c45)cc3-c3c(-c4nc(-c5ccccc5)nc(-c5ccccc5)n4)cccc32)c2ccccc21. The van der Waals surface area contributed by atoms with Crippen LogP contribution in [-0.2, 0) is 10.8 Å². The molecule has 0 unspecified atom stereocenters. The van der Waals surface area contributed by atoms with Crippen LogP contribution in [0.4, 0.5) is 0 Å². The molecule has 0 atom stereocenters. The van der Waals surface area contributed by atoms with Crippen molar-refractivity contribution in [3.05, 3.63) is 221 Å². The molecule has 0 saturated carbocycles. The van der Waals surface area contributed by atoms with E-state index in [4.69, 9.17) is 19.4 Å². The van der Waals surface area contributed by atoms with E-state index in [1.54, 1.807) is 0 Å². The van der Waals surface area contributed by atoms with Crippen molar-refractivity contribution in [2.24, 2.45) is 0 Å². The van der Waals surface area contributed by atoms with E-state index >= 15 is 0 Å². The number of aromatic nitrogens is 3. The first-order valence-electron chi connectivity index (χ1n) is 20.3. The predicted molar refractivity (Wildman–Crippen MR) is 238 cm³/mol. The van der Waals surface area contributed by atoms with Gasteiger partial charge in [0.2, 0.25) is 0 Å². The molecule has 8 aromatic carbocycles. The summed E-state index contributed by atoms with van der Waals surface area (Å²) < 4.78 is 6.40. The zero-order valence-corrected chi connectivity index (χ0v) is 32.6. The van der Waals surface area contributed by atoms with Crippen LogP contribution in [-0.4, -0.2) is 15.0 Å². The number of nitrogens with zero attached hydrogens (tertiary/aromatic N) is 3. The first-order valence-corrected chi connectivity index (χ1v) is 20.3. The number of rotatable bonds is 4. The highest BCUT2D eigenvalue weighted by Crippen LogP contribution is 2.63. The van der Waals surface area contributed by atoms with Crippen LogP contribution in [0.1, 0.15) is 47.2 Å². The zero-order valence-electron chi connectivity index (χ0n) is 32.6. The molecule has 0 N–H and O–H groups in total. The third-order valence-electron chi connectivity index (χ3n) is 12.8. The van der Waals surface area contributed by atoms with E-state index in [1.807, 2.05) is 42.5 Å². The second-order valence-electron chi connectivity index (χ2n) is 16.3. The van der Waals surface area contributed by atoms with Crippen LogP contribution in [0.25, 0.3) is 78.4 Å². The lowest BCUT2D eigenvalue weighted by Crippen LogP contribution is -2.40. The molecule has 4 heteroatoms. The van der Waals surface area contributed by atoms with Gasteiger partial charge in [-0.3, -0.25) is 0 Å². The van der Waals surface area contributed by atoms with Gasteiger partial charge in [-0.15, -0.1) is 0 Å². The number of para-hydroxylation sites is 1. The first-order chi connectivity index (χ1) is 29.0. The fraction of sp³-hybridized carbons (Fsp3) is 0.0727. The quantitative estimate of drug-likeness (QED) is 0.179. The van der Waals surface area contributed by atoms with Crippen molar-refractivity contribution in [1.29, 1.82) is 0 Å². The highest BCUT2D eigenvalue weighted by atomic mass is 16.3. The molecular weight excluding hydrogens is 719 g/mol. The normalized spacial score (nSPS) is 14.2. The molecule has 1 spiro atoms. The van der Waals surface area contributed by atoms with Crippen LogP contribution in [0.5, 0.6) is 0 Å². The fourth-order valence-corrected chi connectivity index (χ4v) is 10.3. The van der Waals surface area contributed by atoms with Crippen molar-refractivity contribution in [2.75, 3.05) is 0 Å². The zero-order chi connectivity index (χ0) is 39.3. The van der Waals surface area contributed by atoms with Gasteiger partial charge in [0.25, 0.3) is 0 Å². The molecule has 0 bridgehead atoms. The van der Waals surface area contributed by atoms with Gasteiger partial charge in [-0.05, 0) is 73.8 Å². The summed E-state index contributed by atoms with van der Waals surface area (Å²) in [6.45, 7) is 4.73. The van der Waals surface area contributed by atoms with Crippen molar-refractivity contribution < 1.29 is 4.42 Å². The highest BCUT2D eigenvalue weighted by molar-refractivity contribution is 6.13. The summed E-state index contributed by atoms with van der Waals surface area (Å²) in [5.74, 6) is 1.92. The van der Waals surface area contributed by atoms with Gasteiger partial charge in [0.05, 0.1) is 5.41 Å². The van der Waals surface area contributed by atoms with Crippen molar-refractivity contribution >= 4 is 21.9 Å². The second-order valence-corrected chi connectivity index (χ2v) is 16.3. The number of fused-ring (bicyclic) bond motifs is 12. The Morgan fingerprint density at radius 3 is 1.58 bits per heavy atom. The lowest BCUT2D eigenvalue weighted by atomic mass is 9.55. The maximum atomic E-state index is 6.40. The first kappa shape index (κ1) is 33.7. The highest BCUT2D eigenvalue weighted by Gasteiger charge is 2.54. The monoisotopic (exact) mass is 755 g/mol. The van der Waals surface area contributed by atoms with Crippen molar-refractivity contribution in [3.63, 3.8) is 0 Å². The van der Waals surface area contributed by atoms with E-state index in [0.29, 0.717) is 17.5 Å². The van der Waals surface area contributed by atoms with Crippen molar-refractivity contribution in [2.45, 2.75) is 24.7 Å². The Kier molecular flexibility index (Phi) is 7.16. The average molecular weight is 756 g/mol. The van der Waals surface area contributed by atoms with Crippen molar-refractivity contribution in [1.82, 2.24) is 15.0 Å². The Hall–Kier alpha value is -7.43. The molecule has 2 aliphatic rings. The minimum Gasteiger partial charge on any atom is -0.456 e. The molecule has 0 fully saturated rings. The van der Waals surface area contributed by atoms with Gasteiger partial charge in [0.15, 0.2) is 17.5 Å². The predicted octanol–water partition coefficient (Wildman–Crippen LogP) is 13.4. The molecule has 10 aromatic rings. The average Bonchev–Trinajstić information content (AvgIpc) is 3.83. The molecular formula is C55H37N3O. The summed E-state index contributed by atoms with van der Waals surface area (Å²) in [6.07, 6.45) is 0. The van der Waals surface area contributed by atoms with Gasteiger partial charge in [-0.2, -0.15) is 0 Å². The number of furan rings is 1. The Bertz CT molecular complexity index is 3200. The summed E-state index contributed by atoms with van der Waals surface area (Å²) in [4.78, 5) is 15.7. The molecule has 4 nitrogen and oxygen atoms in total. The van der Waals surface area contributed by atoms with E-state index in [1.165, 1.54) is 38.9 Å². The van der Waals surface area contributed by atoms with E-state index in [9.17, 15) is 0 Å². The lowest BCUT2D eigenvalue weighted by molar-refractivity contribution is 0.563. The Morgan fingerprint density at radius 2 is 0.898 bits per heavy atom. The Balaban J connectivity index is 1.20. The van der Waals surface area contributed by atoms with E-state index in [2.05, 4.69) is 159 Å². The molecule has 12 rings (SSSR count). The van der Waals surface area contributed by atoms with E-state index < -0.39 is 5.41 Å². The summed E-state index contributed by atoms with van der Waals surface area (Å²) in [5.41, 5.74) is 16.2. The summed E-state index contributed by atoms with van der Waals surface area (Å²) >= 11 is 0. The molecule has 0 radical (unpaired) electrons. The molecule has 278 valence electrons. The van der Waals surface area contributed by atoms with Gasteiger partial charge in [0.1, 0.15) is 11.2 Å². The molecule has 59 heavy (non-hydrogen) atoms. The van der Waals surface area contributed by atoms with Crippen molar-refractivity contribution in [3.8, 4) is 56.4 Å². The summed E-state index contributed by atoms with van der Waals surface area (Å²) in [5, 5.41) is 2.23. The largest absolute Gasteiger partial charge is 0.456 e. The van der Waals surface area contributed by atoms with Crippen LogP contribution in [0, 0.1) is 0 Å². The Morgan fingerprint density at radius 1 is 0.373 bits per heavy atom. The molecule has 2 aliphatic carbocycles. The number of benzene rings is 8. The molecule has 2 heterocycles. The van der Waals surface area contributed by atoms with E-state index in [0.717, 1.165) is 55.3 Å². The Labute approximate surface area is 342 Å². The molecule has 2 aromatic heterocycles. The second kappa shape index (κ2) is 12.5. The van der Waals surface area contributed by atoms with Crippen LogP contribution in [0.3, 0.4) is 0 Å². The summed E-state index contributed by atoms with van der Waals surface area (Å²) in [6, 6.07) is 67.2. The van der Waals surface area contributed by atoms with Gasteiger partial charge >= 0.3 is 0 Å². The lowest BCUT2D eigenvalue weighted by Gasteiger charge is -2.46. The van der Waals surface area contributed by atoms with Crippen LogP contribution in [0.15, 0.2) is 192 Å². The molecule has 0 amide bonds. The topological polar surface area (TPSA) is 51.8 Å². The summed E-state index contributed by atoms with van der Waals surface area (Å²) in [7, 11) is 0. The minimum atomic E-state index is -0.589. The third kappa shape index (κ3) is 4.74. The van der Waals surface area contributed by atoms with Gasteiger partial charge in [0, 0.05) is 32.9 Å². The molecule has 0 aliphatic heterocycles. The molecule has 0 saturated heterocycles. The van der Waals surface area contributed by atoms with Gasteiger partial charge in [-0.1, -0.05) is 184 Å². The minimum absolute atomic E-state index is 0.208. The standard InChI is InChI=1S/C55H37N3O/c1-54(2)42-24-10-12-26-44(42)55(45-27-13-11-25-43(45)54)41-32-31-36(37-22-16-30-48-50(37)38-21-9-14-29-47(38)59-48)33-40(41)49-39(23-15-28-46(49)55)53-57-51(34-17-5-3-6-18-34)56-52(58-53)35-19-7-4-8-20-35/h3-33H,1-2H3.